The number of hydrazone groups is 1. The zero-order chi connectivity index (χ0) is 23.6. The van der Waals surface area contributed by atoms with Crippen LogP contribution in [0.4, 0.5) is 0 Å². The van der Waals surface area contributed by atoms with E-state index in [-0.39, 0.29) is 5.91 Å². The van der Waals surface area contributed by atoms with Crippen molar-refractivity contribution >= 4 is 28.1 Å². The van der Waals surface area contributed by atoms with E-state index in [1.807, 2.05) is 38.1 Å². The zero-order valence-corrected chi connectivity index (χ0v) is 20.5. The van der Waals surface area contributed by atoms with Gasteiger partial charge < -0.3 is 14.2 Å². The van der Waals surface area contributed by atoms with Crippen molar-refractivity contribution in [3.63, 3.8) is 0 Å². The zero-order valence-electron chi connectivity index (χ0n) is 18.9. The minimum Gasteiger partial charge on any atom is -0.494 e. The molecule has 3 aromatic rings. The highest BCUT2D eigenvalue weighted by Gasteiger charge is 2.12. The molecule has 1 N–H and O–H groups in total. The van der Waals surface area contributed by atoms with Crippen LogP contribution in [0.15, 0.2) is 70.2 Å². The Morgan fingerprint density at radius 1 is 0.970 bits per heavy atom. The summed E-state index contributed by atoms with van der Waals surface area (Å²) in [6.07, 6.45) is 1.56. The van der Waals surface area contributed by atoms with Gasteiger partial charge in [0.25, 0.3) is 5.91 Å². The van der Waals surface area contributed by atoms with Crippen molar-refractivity contribution in [2.24, 2.45) is 5.10 Å². The van der Waals surface area contributed by atoms with E-state index in [4.69, 9.17) is 14.2 Å². The van der Waals surface area contributed by atoms with Crippen LogP contribution < -0.4 is 19.6 Å². The number of carbonyl (C=O) groups excluding carboxylic acids is 1. The molecule has 1 amide bonds. The van der Waals surface area contributed by atoms with E-state index in [9.17, 15) is 4.79 Å². The highest BCUT2D eigenvalue weighted by molar-refractivity contribution is 9.10. The van der Waals surface area contributed by atoms with E-state index >= 15 is 0 Å². The van der Waals surface area contributed by atoms with E-state index in [2.05, 4.69) is 45.5 Å². The Hall–Kier alpha value is -3.32. The predicted molar refractivity (Wildman–Crippen MR) is 133 cm³/mol. The molecule has 0 aliphatic carbocycles. The van der Waals surface area contributed by atoms with Gasteiger partial charge in [0, 0.05) is 5.56 Å². The van der Waals surface area contributed by atoms with Crippen molar-refractivity contribution in [1.82, 2.24) is 5.43 Å². The fourth-order valence-corrected chi connectivity index (χ4v) is 3.58. The second kappa shape index (κ2) is 12.1. The fourth-order valence-electron chi connectivity index (χ4n) is 3.00. The molecule has 0 unspecified atom stereocenters. The Bertz CT molecular complexity index is 1100. The number of halogens is 1. The Labute approximate surface area is 202 Å². The molecule has 0 fully saturated rings. The van der Waals surface area contributed by atoms with Gasteiger partial charge in [-0.05, 0) is 84.2 Å². The van der Waals surface area contributed by atoms with Crippen molar-refractivity contribution in [2.75, 3.05) is 13.2 Å². The van der Waals surface area contributed by atoms with Crippen LogP contribution in [0.2, 0.25) is 0 Å². The molecule has 0 aliphatic rings. The summed E-state index contributed by atoms with van der Waals surface area (Å²) in [4.78, 5) is 12.3. The first kappa shape index (κ1) is 24.3. The van der Waals surface area contributed by atoms with Crippen LogP contribution in [0.1, 0.15) is 40.9 Å². The van der Waals surface area contributed by atoms with Gasteiger partial charge in [0.05, 0.1) is 23.9 Å². The lowest BCUT2D eigenvalue weighted by Crippen LogP contribution is -2.17. The molecule has 0 saturated carbocycles. The molecular formula is C26H27BrN2O4. The third kappa shape index (κ3) is 7.08. The van der Waals surface area contributed by atoms with Crippen LogP contribution in [0.3, 0.4) is 0 Å². The van der Waals surface area contributed by atoms with Crippen LogP contribution >= 0.6 is 15.9 Å². The molecular weight excluding hydrogens is 484 g/mol. The number of ether oxygens (including phenoxy) is 3. The molecule has 33 heavy (non-hydrogen) atoms. The van der Waals surface area contributed by atoms with Crippen molar-refractivity contribution in [2.45, 2.75) is 27.4 Å². The van der Waals surface area contributed by atoms with E-state index < -0.39 is 0 Å². The Balaban J connectivity index is 1.67. The first-order chi connectivity index (χ1) is 16.0. The molecule has 0 heterocycles. The number of amides is 1. The summed E-state index contributed by atoms with van der Waals surface area (Å²) >= 11 is 3.56. The van der Waals surface area contributed by atoms with Gasteiger partial charge >= 0.3 is 0 Å². The maximum absolute atomic E-state index is 12.3. The normalized spacial score (nSPS) is 10.8. The summed E-state index contributed by atoms with van der Waals surface area (Å²) in [6, 6.07) is 18.8. The quantitative estimate of drug-likeness (QED) is 0.272. The van der Waals surface area contributed by atoms with Gasteiger partial charge in [0.1, 0.15) is 12.4 Å². The van der Waals surface area contributed by atoms with Gasteiger partial charge in [-0.3, -0.25) is 4.79 Å². The maximum Gasteiger partial charge on any atom is 0.271 e. The van der Waals surface area contributed by atoms with Crippen molar-refractivity contribution in [3.8, 4) is 17.2 Å². The molecule has 0 aromatic heterocycles. The van der Waals surface area contributed by atoms with Crippen molar-refractivity contribution < 1.29 is 19.0 Å². The minimum absolute atomic E-state index is 0.309. The number of hydrogen-bond donors (Lipinski definition) is 1. The number of nitrogens with one attached hydrogen (secondary N) is 1. The van der Waals surface area contributed by atoms with Gasteiger partial charge in [-0.15, -0.1) is 0 Å². The lowest BCUT2D eigenvalue weighted by Gasteiger charge is -2.15. The summed E-state index contributed by atoms with van der Waals surface area (Å²) in [5, 5.41) is 4.08. The third-order valence-electron chi connectivity index (χ3n) is 4.64. The SMILES string of the molecule is CCOc1ccc(C(=O)N/N=C\c2cc(Br)c(OCc3ccc(C)cc3)c(OCC)c2)cc1. The molecule has 172 valence electrons. The van der Waals surface area contributed by atoms with Gasteiger partial charge in [0.15, 0.2) is 11.5 Å². The van der Waals surface area contributed by atoms with Crippen LogP contribution in [0.25, 0.3) is 0 Å². The highest BCUT2D eigenvalue weighted by Crippen LogP contribution is 2.37. The summed E-state index contributed by atoms with van der Waals surface area (Å²) in [6.45, 7) is 7.36. The number of rotatable bonds is 10. The molecule has 3 rings (SSSR count). The van der Waals surface area contributed by atoms with Crippen molar-refractivity contribution in [3.05, 3.63) is 87.4 Å². The summed E-state index contributed by atoms with van der Waals surface area (Å²) in [7, 11) is 0. The number of aryl methyl sites for hydroxylation is 1. The fraction of sp³-hybridized carbons (Fsp3) is 0.231. The van der Waals surface area contributed by atoms with Gasteiger partial charge in [-0.2, -0.15) is 5.10 Å². The average molecular weight is 511 g/mol. The molecule has 3 aromatic carbocycles. The van der Waals surface area contributed by atoms with E-state index in [0.717, 1.165) is 21.3 Å². The Kier molecular flexibility index (Phi) is 8.89. The van der Waals surface area contributed by atoms with Gasteiger partial charge in [-0.1, -0.05) is 29.8 Å². The average Bonchev–Trinajstić information content (AvgIpc) is 2.80. The molecule has 0 aliphatic heterocycles. The molecule has 0 atom stereocenters. The standard InChI is InChI=1S/C26H27BrN2O4/c1-4-31-22-12-10-21(11-13-22)26(30)29-28-16-20-14-23(27)25(24(15-20)32-5-2)33-17-19-8-6-18(3)7-9-19/h6-16H,4-5,17H2,1-3H3,(H,29,30)/b28-16-. The number of benzene rings is 3. The van der Waals surface area contributed by atoms with E-state index in [1.165, 1.54) is 5.56 Å². The number of nitrogens with zero attached hydrogens (tertiary/aromatic N) is 1. The molecule has 6 nitrogen and oxygen atoms in total. The molecule has 0 spiro atoms. The molecule has 0 radical (unpaired) electrons. The molecule has 7 heteroatoms. The second-order valence-electron chi connectivity index (χ2n) is 7.19. The summed E-state index contributed by atoms with van der Waals surface area (Å²) in [5.74, 6) is 1.62. The van der Waals surface area contributed by atoms with E-state index in [0.29, 0.717) is 36.9 Å². The first-order valence-electron chi connectivity index (χ1n) is 10.7. The lowest BCUT2D eigenvalue weighted by atomic mass is 10.1. The number of carbonyl (C=O) groups is 1. The van der Waals surface area contributed by atoms with Crippen molar-refractivity contribution in [1.29, 1.82) is 0 Å². The second-order valence-corrected chi connectivity index (χ2v) is 8.05. The first-order valence-corrected chi connectivity index (χ1v) is 11.5. The number of hydrogen-bond acceptors (Lipinski definition) is 5. The topological polar surface area (TPSA) is 69.2 Å². The van der Waals surface area contributed by atoms with Crippen LogP contribution in [-0.4, -0.2) is 25.3 Å². The third-order valence-corrected chi connectivity index (χ3v) is 5.23. The lowest BCUT2D eigenvalue weighted by molar-refractivity contribution is 0.0955. The Morgan fingerprint density at radius 2 is 1.67 bits per heavy atom. The smallest absolute Gasteiger partial charge is 0.271 e. The van der Waals surface area contributed by atoms with Crippen LogP contribution in [0, 0.1) is 6.92 Å². The van der Waals surface area contributed by atoms with Crippen LogP contribution in [-0.2, 0) is 6.61 Å². The predicted octanol–water partition coefficient (Wildman–Crippen LogP) is 5.90. The highest BCUT2D eigenvalue weighted by atomic mass is 79.9. The maximum atomic E-state index is 12.3. The molecule has 0 bridgehead atoms. The minimum atomic E-state index is -0.309. The monoisotopic (exact) mass is 510 g/mol. The summed E-state index contributed by atoms with van der Waals surface area (Å²) in [5.41, 5.74) is 6.05. The van der Waals surface area contributed by atoms with E-state index in [1.54, 1.807) is 30.5 Å². The van der Waals surface area contributed by atoms with Gasteiger partial charge in [-0.25, -0.2) is 5.43 Å². The largest absolute Gasteiger partial charge is 0.494 e. The molecule has 0 saturated heterocycles. The van der Waals surface area contributed by atoms with Crippen LogP contribution in [0.5, 0.6) is 17.2 Å². The Morgan fingerprint density at radius 3 is 2.33 bits per heavy atom. The van der Waals surface area contributed by atoms with Gasteiger partial charge in [0.2, 0.25) is 0 Å². The summed E-state index contributed by atoms with van der Waals surface area (Å²) < 4.78 is 17.9.